The van der Waals surface area contributed by atoms with Gasteiger partial charge in [-0.15, -0.1) is 0 Å². The average Bonchev–Trinajstić information content (AvgIpc) is 2.03. The maximum atomic E-state index is 13.0. The molecular formula is C9H6ClFO2. The molecule has 0 bridgehead atoms. The lowest BCUT2D eigenvalue weighted by atomic mass is 10.2. The third-order valence-electron chi connectivity index (χ3n) is 1.39. The standard InChI is InChI=1S/C9H6ClFO2/c10-7-2-1-3-8(11)6(7)4-5-9(12)13/h1-5H,(H,12,13)/b5-4-. The minimum absolute atomic E-state index is 0.0894. The van der Waals surface area contributed by atoms with Crippen molar-refractivity contribution >= 4 is 23.6 Å². The van der Waals surface area contributed by atoms with E-state index in [1.54, 1.807) is 0 Å². The highest BCUT2D eigenvalue weighted by atomic mass is 35.5. The number of hydrogen-bond acceptors (Lipinski definition) is 1. The summed E-state index contributed by atoms with van der Waals surface area (Å²) in [5, 5.41) is 8.50. The molecule has 13 heavy (non-hydrogen) atoms. The fourth-order valence-corrected chi connectivity index (χ4v) is 1.05. The van der Waals surface area contributed by atoms with E-state index in [4.69, 9.17) is 16.7 Å². The van der Waals surface area contributed by atoms with Crippen LogP contribution in [0.3, 0.4) is 0 Å². The van der Waals surface area contributed by atoms with Crippen molar-refractivity contribution in [1.29, 1.82) is 0 Å². The van der Waals surface area contributed by atoms with Crippen LogP contribution in [0, 0.1) is 5.82 Å². The first-order chi connectivity index (χ1) is 6.11. The maximum absolute atomic E-state index is 13.0. The zero-order valence-corrected chi connectivity index (χ0v) is 7.25. The zero-order valence-electron chi connectivity index (χ0n) is 6.50. The number of hydrogen-bond donors (Lipinski definition) is 1. The van der Waals surface area contributed by atoms with Crippen LogP contribution in [0.5, 0.6) is 0 Å². The van der Waals surface area contributed by atoms with Gasteiger partial charge in [0.1, 0.15) is 5.82 Å². The Balaban J connectivity index is 3.06. The van der Waals surface area contributed by atoms with E-state index in [2.05, 4.69) is 0 Å². The normalized spacial score (nSPS) is 10.6. The lowest BCUT2D eigenvalue weighted by molar-refractivity contribution is -0.131. The topological polar surface area (TPSA) is 37.3 Å². The number of benzene rings is 1. The maximum Gasteiger partial charge on any atom is 0.328 e. The second kappa shape index (κ2) is 4.05. The number of carboxylic acids is 1. The SMILES string of the molecule is O=C(O)/C=C\c1c(F)cccc1Cl. The molecule has 0 radical (unpaired) electrons. The first kappa shape index (κ1) is 9.74. The van der Waals surface area contributed by atoms with E-state index in [1.165, 1.54) is 18.2 Å². The van der Waals surface area contributed by atoms with Crippen LogP contribution in [0.2, 0.25) is 5.02 Å². The third-order valence-corrected chi connectivity index (χ3v) is 1.72. The summed E-state index contributed by atoms with van der Waals surface area (Å²) < 4.78 is 13.0. The van der Waals surface area contributed by atoms with Gasteiger partial charge in [0.25, 0.3) is 0 Å². The van der Waals surface area contributed by atoms with Gasteiger partial charge in [0.05, 0.1) is 5.02 Å². The Morgan fingerprint density at radius 1 is 1.54 bits per heavy atom. The molecule has 0 saturated heterocycles. The van der Waals surface area contributed by atoms with Crippen molar-refractivity contribution in [3.05, 3.63) is 40.7 Å². The van der Waals surface area contributed by atoms with Gasteiger partial charge in [-0.25, -0.2) is 9.18 Å². The van der Waals surface area contributed by atoms with Crippen LogP contribution in [0.4, 0.5) is 4.39 Å². The smallest absolute Gasteiger partial charge is 0.328 e. The highest BCUT2D eigenvalue weighted by Gasteiger charge is 2.02. The van der Waals surface area contributed by atoms with Crippen LogP contribution < -0.4 is 0 Å². The lowest BCUT2D eigenvalue weighted by Crippen LogP contribution is -1.88. The minimum atomic E-state index is -1.14. The first-order valence-electron chi connectivity index (χ1n) is 3.46. The molecular weight excluding hydrogens is 195 g/mol. The molecule has 0 heterocycles. The molecule has 0 amide bonds. The molecule has 0 saturated carbocycles. The lowest BCUT2D eigenvalue weighted by Gasteiger charge is -1.97. The van der Waals surface area contributed by atoms with Crippen LogP contribution >= 0.6 is 11.6 Å². The molecule has 1 aromatic rings. The molecule has 0 unspecified atom stereocenters. The quantitative estimate of drug-likeness (QED) is 0.745. The van der Waals surface area contributed by atoms with Crippen LogP contribution in [0.15, 0.2) is 24.3 Å². The van der Waals surface area contributed by atoms with E-state index < -0.39 is 11.8 Å². The molecule has 0 aromatic heterocycles. The molecule has 2 nitrogen and oxygen atoms in total. The molecule has 0 atom stereocenters. The Bertz CT molecular complexity index is 340. The Kier molecular flexibility index (Phi) is 3.03. The number of rotatable bonds is 2. The van der Waals surface area contributed by atoms with Crippen molar-refractivity contribution in [2.24, 2.45) is 0 Å². The van der Waals surface area contributed by atoms with E-state index in [0.717, 1.165) is 12.2 Å². The highest BCUT2D eigenvalue weighted by molar-refractivity contribution is 6.32. The summed E-state index contributed by atoms with van der Waals surface area (Å²) >= 11 is 5.63. The Labute approximate surface area is 79.3 Å². The van der Waals surface area contributed by atoms with Gasteiger partial charge in [-0.2, -0.15) is 0 Å². The molecule has 0 spiro atoms. The van der Waals surface area contributed by atoms with E-state index in [-0.39, 0.29) is 10.6 Å². The molecule has 4 heteroatoms. The van der Waals surface area contributed by atoms with Gasteiger partial charge in [0.15, 0.2) is 0 Å². The second-order valence-corrected chi connectivity index (χ2v) is 2.71. The van der Waals surface area contributed by atoms with Gasteiger partial charge >= 0.3 is 5.97 Å². The molecule has 0 aliphatic carbocycles. The monoisotopic (exact) mass is 200 g/mol. The molecule has 1 rings (SSSR count). The molecule has 0 fully saturated rings. The number of carbonyl (C=O) groups is 1. The van der Waals surface area contributed by atoms with E-state index in [0.29, 0.717) is 0 Å². The van der Waals surface area contributed by atoms with Crippen molar-refractivity contribution < 1.29 is 14.3 Å². The third kappa shape index (κ3) is 2.56. The summed E-state index contributed by atoms with van der Waals surface area (Å²) in [6.07, 6.45) is 1.96. The van der Waals surface area contributed by atoms with E-state index in [9.17, 15) is 9.18 Å². The fourth-order valence-electron chi connectivity index (χ4n) is 0.825. The number of carboxylic acid groups (broad SMARTS) is 1. The van der Waals surface area contributed by atoms with Crippen LogP contribution in [0.1, 0.15) is 5.56 Å². The van der Waals surface area contributed by atoms with Crippen LogP contribution in [0.25, 0.3) is 6.08 Å². The molecule has 1 aromatic carbocycles. The van der Waals surface area contributed by atoms with Gasteiger partial charge in [0, 0.05) is 11.6 Å². The van der Waals surface area contributed by atoms with Gasteiger partial charge in [-0.05, 0) is 18.2 Å². The predicted molar refractivity (Wildman–Crippen MR) is 48.1 cm³/mol. The summed E-state index contributed by atoms with van der Waals surface area (Å²) in [6.45, 7) is 0. The van der Waals surface area contributed by atoms with Gasteiger partial charge in [-0.3, -0.25) is 0 Å². The van der Waals surface area contributed by atoms with Gasteiger partial charge < -0.3 is 5.11 Å². The van der Waals surface area contributed by atoms with Crippen molar-refractivity contribution in [3.8, 4) is 0 Å². The van der Waals surface area contributed by atoms with Gasteiger partial charge in [0.2, 0.25) is 0 Å². The van der Waals surface area contributed by atoms with Crippen molar-refractivity contribution in [2.75, 3.05) is 0 Å². The number of aliphatic carboxylic acids is 1. The summed E-state index contributed by atoms with van der Waals surface area (Å²) in [5.74, 6) is -1.68. The summed E-state index contributed by atoms with van der Waals surface area (Å²) in [5.41, 5.74) is 0.0894. The Morgan fingerprint density at radius 2 is 2.23 bits per heavy atom. The van der Waals surface area contributed by atoms with Crippen LogP contribution in [-0.4, -0.2) is 11.1 Å². The van der Waals surface area contributed by atoms with Crippen molar-refractivity contribution in [3.63, 3.8) is 0 Å². The molecule has 1 N–H and O–H groups in total. The second-order valence-electron chi connectivity index (χ2n) is 2.31. The molecule has 0 aliphatic rings. The predicted octanol–water partition coefficient (Wildman–Crippen LogP) is 2.58. The minimum Gasteiger partial charge on any atom is -0.478 e. The van der Waals surface area contributed by atoms with Crippen molar-refractivity contribution in [2.45, 2.75) is 0 Å². The summed E-state index contributed by atoms with van der Waals surface area (Å²) in [4.78, 5) is 10.1. The number of halogens is 2. The van der Waals surface area contributed by atoms with Gasteiger partial charge in [-0.1, -0.05) is 17.7 Å². The highest BCUT2D eigenvalue weighted by Crippen LogP contribution is 2.19. The Hall–Kier alpha value is -1.35. The van der Waals surface area contributed by atoms with Crippen LogP contribution in [-0.2, 0) is 4.79 Å². The Morgan fingerprint density at radius 3 is 2.77 bits per heavy atom. The van der Waals surface area contributed by atoms with E-state index in [1.807, 2.05) is 0 Å². The van der Waals surface area contributed by atoms with Crippen molar-refractivity contribution in [1.82, 2.24) is 0 Å². The molecule has 68 valence electrons. The summed E-state index contributed by atoms with van der Waals surface area (Å²) in [7, 11) is 0. The fraction of sp³-hybridized carbons (Fsp3) is 0. The van der Waals surface area contributed by atoms with E-state index >= 15 is 0 Å². The largest absolute Gasteiger partial charge is 0.478 e. The first-order valence-corrected chi connectivity index (χ1v) is 3.84. The molecule has 0 aliphatic heterocycles. The summed E-state index contributed by atoms with van der Waals surface area (Å²) in [6, 6.07) is 4.16. The average molecular weight is 201 g/mol. The zero-order chi connectivity index (χ0) is 9.84.